The zero-order valence-corrected chi connectivity index (χ0v) is 13.5. The number of amides is 2. The summed E-state index contributed by atoms with van der Waals surface area (Å²) in [6.45, 7) is 1.32. The van der Waals surface area contributed by atoms with Crippen molar-refractivity contribution < 1.29 is 19.4 Å². The van der Waals surface area contributed by atoms with Gasteiger partial charge in [0.15, 0.2) is 0 Å². The third-order valence-electron chi connectivity index (χ3n) is 3.78. The van der Waals surface area contributed by atoms with E-state index in [1.807, 2.05) is 0 Å². The van der Waals surface area contributed by atoms with Crippen LogP contribution in [0.2, 0.25) is 5.02 Å². The third-order valence-corrected chi connectivity index (χ3v) is 4.08. The molecule has 0 aromatic heterocycles. The Morgan fingerprint density at radius 1 is 1.41 bits per heavy atom. The van der Waals surface area contributed by atoms with Crippen LogP contribution >= 0.6 is 11.6 Å². The highest BCUT2D eigenvalue weighted by atomic mass is 35.5. The highest BCUT2D eigenvalue weighted by molar-refractivity contribution is 6.32. The number of rotatable bonds is 4. The number of carbonyl (C=O) groups is 1. The lowest BCUT2D eigenvalue weighted by molar-refractivity contribution is 0.136. The summed E-state index contributed by atoms with van der Waals surface area (Å²) < 4.78 is 10.4. The molecule has 0 saturated carbocycles. The van der Waals surface area contributed by atoms with Crippen molar-refractivity contribution in [2.45, 2.75) is 12.8 Å². The fraction of sp³-hybridized carbons (Fsp3) is 0.533. The first-order chi connectivity index (χ1) is 10.6. The molecule has 22 heavy (non-hydrogen) atoms. The first-order valence-electron chi connectivity index (χ1n) is 7.17. The fourth-order valence-electron chi connectivity index (χ4n) is 2.55. The lowest BCUT2D eigenvalue weighted by Crippen LogP contribution is -2.43. The molecule has 6 nitrogen and oxygen atoms in total. The molecule has 7 heteroatoms. The van der Waals surface area contributed by atoms with Gasteiger partial charge in [-0.3, -0.25) is 0 Å². The number of hydrogen-bond acceptors (Lipinski definition) is 4. The minimum absolute atomic E-state index is 0.0987. The van der Waals surface area contributed by atoms with Crippen molar-refractivity contribution in [2.75, 3.05) is 39.2 Å². The third kappa shape index (κ3) is 3.75. The molecule has 0 bridgehead atoms. The molecule has 1 aliphatic heterocycles. The van der Waals surface area contributed by atoms with Crippen LogP contribution in [0.15, 0.2) is 12.1 Å². The molecule has 1 fully saturated rings. The second-order valence-electron chi connectivity index (χ2n) is 5.25. The Labute approximate surface area is 135 Å². The lowest BCUT2D eigenvalue weighted by atomic mass is 9.99. The van der Waals surface area contributed by atoms with Gasteiger partial charge < -0.3 is 24.8 Å². The van der Waals surface area contributed by atoms with Crippen molar-refractivity contribution in [3.8, 4) is 11.5 Å². The molecule has 1 atom stereocenters. The molecular weight excluding hydrogens is 308 g/mol. The van der Waals surface area contributed by atoms with E-state index in [1.54, 1.807) is 17.0 Å². The number of ether oxygens (including phenoxy) is 2. The van der Waals surface area contributed by atoms with Gasteiger partial charge in [-0.2, -0.15) is 0 Å². The summed E-state index contributed by atoms with van der Waals surface area (Å²) in [5.41, 5.74) is 0.490. The standard InChI is InChI=1S/C15H21ClN2O4/c1-21-13-7-14(22-2)12(6-11(13)16)17-15(20)18-5-3-4-10(8-18)9-19/h6-7,10,19H,3-5,8-9H2,1-2H3,(H,17,20). The predicted molar refractivity (Wildman–Crippen MR) is 85.0 cm³/mol. The van der Waals surface area contributed by atoms with Crippen LogP contribution in [0.1, 0.15) is 12.8 Å². The van der Waals surface area contributed by atoms with Crippen molar-refractivity contribution >= 4 is 23.3 Å². The van der Waals surface area contributed by atoms with Gasteiger partial charge in [-0.25, -0.2) is 4.79 Å². The number of aliphatic hydroxyl groups excluding tert-OH is 1. The Bertz CT molecular complexity index is 539. The van der Waals surface area contributed by atoms with Crippen LogP contribution in [0.5, 0.6) is 11.5 Å². The van der Waals surface area contributed by atoms with Gasteiger partial charge in [0.25, 0.3) is 0 Å². The quantitative estimate of drug-likeness (QED) is 0.891. The largest absolute Gasteiger partial charge is 0.495 e. The van der Waals surface area contributed by atoms with Gasteiger partial charge in [0, 0.05) is 25.8 Å². The molecule has 122 valence electrons. The Morgan fingerprint density at radius 3 is 2.77 bits per heavy atom. The van der Waals surface area contributed by atoms with Gasteiger partial charge in [-0.15, -0.1) is 0 Å². The molecule has 1 heterocycles. The summed E-state index contributed by atoms with van der Waals surface area (Å²) in [4.78, 5) is 14.1. The second kappa shape index (κ2) is 7.56. The molecule has 1 aliphatic rings. The van der Waals surface area contributed by atoms with E-state index in [0.717, 1.165) is 12.8 Å². The van der Waals surface area contributed by atoms with E-state index in [1.165, 1.54) is 14.2 Å². The van der Waals surface area contributed by atoms with Crippen molar-refractivity contribution in [1.82, 2.24) is 4.90 Å². The van der Waals surface area contributed by atoms with E-state index in [4.69, 9.17) is 21.1 Å². The van der Waals surface area contributed by atoms with Crippen LogP contribution in [-0.4, -0.2) is 50.0 Å². The molecule has 1 aromatic rings. The smallest absolute Gasteiger partial charge is 0.321 e. The van der Waals surface area contributed by atoms with Gasteiger partial charge in [-0.05, 0) is 24.8 Å². The predicted octanol–water partition coefficient (Wildman–Crippen LogP) is 2.59. The van der Waals surface area contributed by atoms with Crippen molar-refractivity contribution in [3.63, 3.8) is 0 Å². The monoisotopic (exact) mass is 328 g/mol. The molecular formula is C15H21ClN2O4. The van der Waals surface area contributed by atoms with Gasteiger partial charge in [-0.1, -0.05) is 11.6 Å². The molecule has 1 saturated heterocycles. The van der Waals surface area contributed by atoms with E-state index >= 15 is 0 Å². The molecule has 0 spiro atoms. The number of anilines is 1. The maximum atomic E-state index is 12.4. The van der Waals surface area contributed by atoms with Crippen molar-refractivity contribution in [3.05, 3.63) is 17.2 Å². The lowest BCUT2D eigenvalue weighted by Gasteiger charge is -2.32. The Morgan fingerprint density at radius 2 is 2.14 bits per heavy atom. The van der Waals surface area contributed by atoms with Gasteiger partial charge in [0.2, 0.25) is 0 Å². The number of nitrogens with zero attached hydrogens (tertiary/aromatic N) is 1. The number of benzene rings is 1. The molecule has 0 aliphatic carbocycles. The average molecular weight is 329 g/mol. The summed E-state index contributed by atoms with van der Waals surface area (Å²) >= 11 is 6.09. The minimum atomic E-state index is -0.224. The fourth-order valence-corrected chi connectivity index (χ4v) is 2.79. The van der Waals surface area contributed by atoms with Crippen LogP contribution in [-0.2, 0) is 0 Å². The Hall–Kier alpha value is -1.66. The number of aliphatic hydroxyl groups is 1. The van der Waals surface area contributed by atoms with E-state index in [0.29, 0.717) is 35.3 Å². The van der Waals surface area contributed by atoms with E-state index in [2.05, 4.69) is 5.32 Å². The minimum Gasteiger partial charge on any atom is -0.495 e. The second-order valence-corrected chi connectivity index (χ2v) is 5.66. The maximum Gasteiger partial charge on any atom is 0.321 e. The normalized spacial score (nSPS) is 18.0. The van der Waals surface area contributed by atoms with Crippen LogP contribution in [0.4, 0.5) is 10.5 Å². The summed E-state index contributed by atoms with van der Waals surface area (Å²) in [5, 5.41) is 12.4. The molecule has 2 N–H and O–H groups in total. The van der Waals surface area contributed by atoms with Crippen molar-refractivity contribution in [2.24, 2.45) is 5.92 Å². The Balaban J connectivity index is 2.12. The first-order valence-corrected chi connectivity index (χ1v) is 7.55. The van der Waals surface area contributed by atoms with E-state index < -0.39 is 0 Å². The molecule has 2 amide bonds. The zero-order valence-electron chi connectivity index (χ0n) is 12.8. The zero-order chi connectivity index (χ0) is 16.1. The summed E-state index contributed by atoms with van der Waals surface area (Å²) in [6, 6.07) is 3.01. The van der Waals surface area contributed by atoms with Gasteiger partial charge >= 0.3 is 6.03 Å². The number of halogens is 1. The molecule has 1 unspecified atom stereocenters. The molecule has 1 aromatic carbocycles. The number of hydrogen-bond donors (Lipinski definition) is 2. The summed E-state index contributed by atoms with van der Waals surface area (Å²) in [6.07, 6.45) is 1.83. The number of carbonyl (C=O) groups excluding carboxylic acids is 1. The van der Waals surface area contributed by atoms with Crippen LogP contribution in [0.3, 0.4) is 0 Å². The maximum absolute atomic E-state index is 12.4. The first kappa shape index (κ1) is 16.7. The average Bonchev–Trinajstić information content (AvgIpc) is 2.55. The summed E-state index contributed by atoms with van der Waals surface area (Å²) in [5.74, 6) is 1.10. The highest BCUT2D eigenvalue weighted by Crippen LogP contribution is 2.36. The van der Waals surface area contributed by atoms with Gasteiger partial charge in [0.05, 0.1) is 24.9 Å². The van der Waals surface area contributed by atoms with Crippen molar-refractivity contribution in [1.29, 1.82) is 0 Å². The number of methoxy groups -OCH3 is 2. The number of piperidine rings is 1. The molecule has 2 rings (SSSR count). The number of urea groups is 1. The highest BCUT2D eigenvalue weighted by Gasteiger charge is 2.24. The number of likely N-dealkylation sites (tertiary alicyclic amines) is 1. The van der Waals surface area contributed by atoms with Gasteiger partial charge in [0.1, 0.15) is 11.5 Å². The van der Waals surface area contributed by atoms with Crippen LogP contribution in [0, 0.1) is 5.92 Å². The topological polar surface area (TPSA) is 71.0 Å². The van der Waals surface area contributed by atoms with Crippen LogP contribution in [0.25, 0.3) is 0 Å². The summed E-state index contributed by atoms with van der Waals surface area (Å²) in [7, 11) is 3.03. The Kier molecular flexibility index (Phi) is 5.74. The molecule has 0 radical (unpaired) electrons. The van der Waals surface area contributed by atoms with Crippen LogP contribution < -0.4 is 14.8 Å². The van der Waals surface area contributed by atoms with E-state index in [9.17, 15) is 9.90 Å². The SMILES string of the molecule is COc1cc(OC)c(NC(=O)N2CCCC(CO)C2)cc1Cl. The number of nitrogens with one attached hydrogen (secondary N) is 1. The van der Waals surface area contributed by atoms with E-state index in [-0.39, 0.29) is 18.6 Å².